The number of hydrogen-bond donors (Lipinski definition) is 2. The fraction of sp³-hybridized carbons (Fsp3) is 0.550. The van der Waals surface area contributed by atoms with Gasteiger partial charge in [-0.1, -0.05) is 18.2 Å². The number of piperazine rings is 1. The van der Waals surface area contributed by atoms with Gasteiger partial charge in [-0.25, -0.2) is 4.79 Å². The molecule has 0 aliphatic carbocycles. The molecule has 1 aromatic carbocycles. The van der Waals surface area contributed by atoms with Gasteiger partial charge < -0.3 is 25.8 Å². The van der Waals surface area contributed by atoms with Crippen LogP contribution in [-0.2, 0) is 9.59 Å². The fourth-order valence-electron chi connectivity index (χ4n) is 3.80. The van der Waals surface area contributed by atoms with E-state index in [0.29, 0.717) is 39.0 Å². The molecule has 2 saturated heterocycles. The Bertz CT molecular complexity index is 695. The number of nitrogens with two attached hydrogens (primary N) is 1. The molecule has 2 aliphatic heterocycles. The van der Waals surface area contributed by atoms with Crippen molar-refractivity contribution >= 4 is 23.5 Å². The van der Waals surface area contributed by atoms with Crippen molar-refractivity contribution in [3.8, 4) is 0 Å². The van der Waals surface area contributed by atoms with Crippen LogP contribution >= 0.6 is 0 Å². The largest absolute Gasteiger partial charge is 0.369 e. The molecule has 2 aliphatic rings. The number of para-hydroxylation sites is 1. The van der Waals surface area contributed by atoms with Crippen molar-refractivity contribution in [1.82, 2.24) is 15.1 Å². The standard InChI is InChI=1S/C20H29N5O3/c1-15(19(27)24-9-7-16(8-10-24)18(21)26)22-20(28)25-13-11-23(12-14-25)17-5-3-2-4-6-17/h2-6,15-16H,7-14H2,1H3,(H2,21,26)(H,22,28)/t15-/m0/s1. The molecule has 2 heterocycles. The summed E-state index contributed by atoms with van der Waals surface area (Å²) >= 11 is 0. The van der Waals surface area contributed by atoms with E-state index in [-0.39, 0.29) is 23.8 Å². The van der Waals surface area contributed by atoms with Gasteiger partial charge in [0.25, 0.3) is 0 Å². The third-order valence-electron chi connectivity index (χ3n) is 5.61. The van der Waals surface area contributed by atoms with E-state index in [1.807, 2.05) is 18.2 Å². The number of nitrogens with one attached hydrogen (secondary N) is 1. The van der Waals surface area contributed by atoms with Crippen LogP contribution in [0.2, 0.25) is 0 Å². The lowest BCUT2D eigenvalue weighted by molar-refractivity contribution is -0.136. The topological polar surface area (TPSA) is 99.0 Å². The van der Waals surface area contributed by atoms with Gasteiger partial charge in [0, 0.05) is 50.9 Å². The Labute approximate surface area is 165 Å². The zero-order valence-corrected chi connectivity index (χ0v) is 16.3. The number of rotatable bonds is 4. The van der Waals surface area contributed by atoms with E-state index >= 15 is 0 Å². The number of carbonyl (C=O) groups is 3. The number of likely N-dealkylation sites (tertiary alicyclic amines) is 1. The molecule has 28 heavy (non-hydrogen) atoms. The Morgan fingerprint density at radius 2 is 1.57 bits per heavy atom. The van der Waals surface area contributed by atoms with Crippen molar-refractivity contribution in [2.45, 2.75) is 25.8 Å². The van der Waals surface area contributed by atoms with Crippen molar-refractivity contribution in [3.05, 3.63) is 30.3 Å². The molecule has 0 radical (unpaired) electrons. The summed E-state index contributed by atoms with van der Waals surface area (Å²) in [5.74, 6) is -0.572. The molecule has 0 bridgehead atoms. The van der Waals surface area contributed by atoms with Crippen molar-refractivity contribution in [2.75, 3.05) is 44.2 Å². The van der Waals surface area contributed by atoms with Gasteiger partial charge in [0.05, 0.1) is 0 Å². The molecule has 0 aromatic heterocycles. The minimum absolute atomic E-state index is 0.112. The number of carbonyl (C=O) groups excluding carboxylic acids is 3. The Morgan fingerprint density at radius 1 is 0.964 bits per heavy atom. The van der Waals surface area contributed by atoms with Crippen LogP contribution in [-0.4, -0.2) is 73.0 Å². The first-order valence-electron chi connectivity index (χ1n) is 9.89. The third-order valence-corrected chi connectivity index (χ3v) is 5.61. The molecule has 8 nitrogen and oxygen atoms in total. The van der Waals surface area contributed by atoms with Crippen LogP contribution in [0.1, 0.15) is 19.8 Å². The summed E-state index contributed by atoms with van der Waals surface area (Å²) in [6.45, 7) is 5.48. The van der Waals surface area contributed by atoms with Crippen molar-refractivity contribution in [2.24, 2.45) is 11.7 Å². The third kappa shape index (κ3) is 4.74. The summed E-state index contributed by atoms with van der Waals surface area (Å²) in [7, 11) is 0. The second-order valence-electron chi connectivity index (χ2n) is 7.48. The maximum atomic E-state index is 12.6. The Hall–Kier alpha value is -2.77. The number of urea groups is 1. The maximum Gasteiger partial charge on any atom is 0.318 e. The molecular formula is C20H29N5O3. The van der Waals surface area contributed by atoms with Crippen LogP contribution in [0, 0.1) is 5.92 Å². The molecule has 152 valence electrons. The molecule has 1 atom stereocenters. The van der Waals surface area contributed by atoms with Crippen molar-refractivity contribution < 1.29 is 14.4 Å². The quantitative estimate of drug-likeness (QED) is 0.792. The van der Waals surface area contributed by atoms with Gasteiger partial charge in [-0.2, -0.15) is 0 Å². The number of benzene rings is 1. The molecule has 3 rings (SSSR count). The molecule has 3 N–H and O–H groups in total. The number of anilines is 1. The van der Waals surface area contributed by atoms with Gasteiger partial charge in [0.15, 0.2) is 0 Å². The molecule has 1 aromatic rings. The van der Waals surface area contributed by atoms with E-state index in [9.17, 15) is 14.4 Å². The zero-order chi connectivity index (χ0) is 20.1. The normalized spacial score (nSPS) is 19.2. The smallest absolute Gasteiger partial charge is 0.318 e. The molecule has 0 spiro atoms. The summed E-state index contributed by atoms with van der Waals surface area (Å²) in [5, 5.41) is 2.82. The lowest BCUT2D eigenvalue weighted by Gasteiger charge is -2.37. The highest BCUT2D eigenvalue weighted by molar-refractivity contribution is 5.87. The van der Waals surface area contributed by atoms with Gasteiger partial charge in [0.1, 0.15) is 6.04 Å². The molecule has 2 fully saturated rings. The second kappa shape index (κ2) is 8.95. The molecule has 0 saturated carbocycles. The molecule has 8 heteroatoms. The highest BCUT2D eigenvalue weighted by Gasteiger charge is 2.30. The summed E-state index contributed by atoms with van der Waals surface area (Å²) < 4.78 is 0. The van der Waals surface area contributed by atoms with Crippen LogP contribution in [0.3, 0.4) is 0 Å². The monoisotopic (exact) mass is 387 g/mol. The summed E-state index contributed by atoms with van der Waals surface area (Å²) in [6, 6.07) is 9.34. The van der Waals surface area contributed by atoms with E-state index in [2.05, 4.69) is 22.3 Å². The van der Waals surface area contributed by atoms with Gasteiger partial charge in [-0.3, -0.25) is 9.59 Å². The zero-order valence-electron chi connectivity index (χ0n) is 16.3. The lowest BCUT2D eigenvalue weighted by atomic mass is 9.96. The fourth-order valence-corrected chi connectivity index (χ4v) is 3.80. The van der Waals surface area contributed by atoms with Crippen molar-refractivity contribution in [1.29, 1.82) is 0 Å². The Kier molecular flexibility index (Phi) is 6.38. The Balaban J connectivity index is 1.44. The van der Waals surface area contributed by atoms with Crippen LogP contribution < -0.4 is 16.0 Å². The number of hydrogen-bond acceptors (Lipinski definition) is 4. The summed E-state index contributed by atoms with van der Waals surface area (Å²) in [6.07, 6.45) is 1.17. The Morgan fingerprint density at radius 3 is 2.14 bits per heavy atom. The maximum absolute atomic E-state index is 12.6. The van der Waals surface area contributed by atoms with Crippen LogP contribution in [0.4, 0.5) is 10.5 Å². The van der Waals surface area contributed by atoms with Crippen LogP contribution in [0.15, 0.2) is 30.3 Å². The first-order valence-corrected chi connectivity index (χ1v) is 9.89. The first-order chi connectivity index (χ1) is 13.5. The highest BCUT2D eigenvalue weighted by Crippen LogP contribution is 2.18. The molecule has 4 amide bonds. The predicted octanol–water partition coefficient (Wildman–Crippen LogP) is 0.631. The first kappa shape index (κ1) is 20.0. The minimum Gasteiger partial charge on any atom is -0.369 e. The number of amides is 4. The van der Waals surface area contributed by atoms with E-state index in [0.717, 1.165) is 18.8 Å². The highest BCUT2D eigenvalue weighted by atomic mass is 16.2. The van der Waals surface area contributed by atoms with Gasteiger partial charge in [0.2, 0.25) is 11.8 Å². The average molecular weight is 387 g/mol. The van der Waals surface area contributed by atoms with Gasteiger partial charge in [-0.05, 0) is 31.9 Å². The van der Waals surface area contributed by atoms with E-state index < -0.39 is 6.04 Å². The second-order valence-corrected chi connectivity index (χ2v) is 7.48. The average Bonchev–Trinajstić information content (AvgIpc) is 2.74. The predicted molar refractivity (Wildman–Crippen MR) is 107 cm³/mol. The van der Waals surface area contributed by atoms with E-state index in [4.69, 9.17) is 5.73 Å². The number of nitrogens with zero attached hydrogens (tertiary/aromatic N) is 3. The van der Waals surface area contributed by atoms with Gasteiger partial charge >= 0.3 is 6.03 Å². The van der Waals surface area contributed by atoms with Gasteiger partial charge in [-0.15, -0.1) is 0 Å². The molecule has 0 unspecified atom stereocenters. The number of primary amides is 1. The SMILES string of the molecule is C[C@H](NC(=O)N1CCN(c2ccccc2)CC1)C(=O)N1CCC(C(N)=O)CC1. The molecular weight excluding hydrogens is 358 g/mol. The number of piperidine rings is 1. The van der Waals surface area contributed by atoms with Crippen molar-refractivity contribution in [3.63, 3.8) is 0 Å². The minimum atomic E-state index is -0.593. The van der Waals surface area contributed by atoms with Crippen LogP contribution in [0.25, 0.3) is 0 Å². The van der Waals surface area contributed by atoms with E-state index in [1.54, 1.807) is 16.7 Å². The summed E-state index contributed by atoms with van der Waals surface area (Å²) in [4.78, 5) is 42.1. The van der Waals surface area contributed by atoms with Crippen LogP contribution in [0.5, 0.6) is 0 Å². The lowest BCUT2D eigenvalue weighted by Crippen LogP contribution is -2.56. The van der Waals surface area contributed by atoms with E-state index in [1.165, 1.54) is 0 Å². The summed E-state index contributed by atoms with van der Waals surface area (Å²) in [5.41, 5.74) is 6.49.